The van der Waals surface area contributed by atoms with Gasteiger partial charge < -0.3 is 10.4 Å². The van der Waals surface area contributed by atoms with Gasteiger partial charge in [0.15, 0.2) is 0 Å². The third-order valence-corrected chi connectivity index (χ3v) is 3.81. The van der Waals surface area contributed by atoms with Crippen LogP contribution in [0.25, 0.3) is 0 Å². The van der Waals surface area contributed by atoms with Crippen molar-refractivity contribution in [3.8, 4) is 0 Å². The van der Waals surface area contributed by atoms with Crippen molar-refractivity contribution in [2.75, 3.05) is 18.1 Å². The zero-order valence-electron chi connectivity index (χ0n) is 11.4. The molecule has 0 heterocycles. The van der Waals surface area contributed by atoms with Gasteiger partial charge in [-0.3, -0.25) is 0 Å². The summed E-state index contributed by atoms with van der Waals surface area (Å²) in [5, 5.41) is 12.1. The summed E-state index contributed by atoms with van der Waals surface area (Å²) in [4.78, 5) is 11.2. The van der Waals surface area contributed by atoms with Gasteiger partial charge in [-0.2, -0.15) is 0 Å². The van der Waals surface area contributed by atoms with Crippen molar-refractivity contribution in [3.05, 3.63) is 28.2 Å². The quantitative estimate of drug-likeness (QED) is 0.716. The second kappa shape index (κ2) is 6.11. The summed E-state index contributed by atoms with van der Waals surface area (Å²) in [5.41, 5.74) is -0.185. The molecule has 0 atom stereocenters. The summed E-state index contributed by atoms with van der Waals surface area (Å²) in [6.45, 7) is 3.67. The Morgan fingerprint density at radius 2 is 2.00 bits per heavy atom. The smallest absolute Gasteiger partial charge is 0.337 e. The van der Waals surface area contributed by atoms with Crippen molar-refractivity contribution >= 4 is 37.6 Å². The first-order valence-corrected chi connectivity index (χ1v) is 8.44. The molecule has 0 spiro atoms. The first-order valence-electron chi connectivity index (χ1n) is 5.76. The van der Waals surface area contributed by atoms with E-state index in [9.17, 15) is 13.2 Å². The van der Waals surface area contributed by atoms with Crippen molar-refractivity contribution in [3.63, 3.8) is 0 Å². The standard InChI is InChI=1S/C12H17BrN2O4S/c1-12(2,15-20(3,18)19)7-14-10-5-4-8(13)6-9(10)11(16)17/h4-6,14-15H,7H2,1-3H3,(H,16,17). The summed E-state index contributed by atoms with van der Waals surface area (Å²) in [5.74, 6) is -1.05. The lowest BCUT2D eigenvalue weighted by molar-refractivity contribution is 0.0697. The van der Waals surface area contributed by atoms with Gasteiger partial charge in [0.05, 0.1) is 11.8 Å². The zero-order chi connectivity index (χ0) is 15.6. The number of anilines is 1. The summed E-state index contributed by atoms with van der Waals surface area (Å²) < 4.78 is 25.6. The van der Waals surface area contributed by atoms with Crippen LogP contribution in [0.4, 0.5) is 5.69 Å². The Kier molecular flexibility index (Phi) is 5.17. The molecule has 0 saturated carbocycles. The second-order valence-corrected chi connectivity index (χ2v) is 7.77. The number of benzene rings is 1. The summed E-state index contributed by atoms with van der Waals surface area (Å²) >= 11 is 3.21. The summed E-state index contributed by atoms with van der Waals surface area (Å²) in [6.07, 6.45) is 1.08. The minimum absolute atomic E-state index is 0.120. The maximum Gasteiger partial charge on any atom is 0.337 e. The van der Waals surface area contributed by atoms with Gasteiger partial charge in [0.1, 0.15) is 0 Å². The molecule has 3 N–H and O–H groups in total. The van der Waals surface area contributed by atoms with Crippen LogP contribution < -0.4 is 10.0 Å². The van der Waals surface area contributed by atoms with Crippen LogP contribution in [0.5, 0.6) is 0 Å². The minimum atomic E-state index is -3.33. The molecule has 20 heavy (non-hydrogen) atoms. The molecule has 0 aromatic heterocycles. The number of carboxylic acid groups (broad SMARTS) is 1. The Labute approximate surface area is 126 Å². The molecule has 0 amide bonds. The molecule has 1 rings (SSSR count). The summed E-state index contributed by atoms with van der Waals surface area (Å²) in [7, 11) is -3.33. The number of aromatic carboxylic acids is 1. The van der Waals surface area contributed by atoms with Crippen LogP contribution in [0.2, 0.25) is 0 Å². The lowest BCUT2D eigenvalue weighted by atomic mass is 10.1. The van der Waals surface area contributed by atoms with E-state index in [1.807, 2.05) is 0 Å². The molecule has 8 heteroatoms. The Morgan fingerprint density at radius 3 is 2.50 bits per heavy atom. The molecule has 112 valence electrons. The normalized spacial score (nSPS) is 12.2. The third-order valence-electron chi connectivity index (χ3n) is 2.39. The van der Waals surface area contributed by atoms with Crippen LogP contribution in [0.15, 0.2) is 22.7 Å². The molecule has 1 aromatic rings. The highest BCUT2D eigenvalue weighted by atomic mass is 79.9. The molecule has 1 aromatic carbocycles. The number of halogens is 1. The number of hydrogen-bond acceptors (Lipinski definition) is 4. The average Bonchev–Trinajstić information content (AvgIpc) is 2.23. The van der Waals surface area contributed by atoms with E-state index in [4.69, 9.17) is 5.11 Å². The second-order valence-electron chi connectivity index (χ2n) is 5.11. The molecule has 0 radical (unpaired) electrons. The van der Waals surface area contributed by atoms with E-state index < -0.39 is 21.5 Å². The average molecular weight is 365 g/mol. The molecule has 0 saturated heterocycles. The Morgan fingerprint density at radius 1 is 1.40 bits per heavy atom. The number of hydrogen-bond donors (Lipinski definition) is 3. The molecule has 0 aliphatic heterocycles. The van der Waals surface area contributed by atoms with E-state index in [0.717, 1.165) is 6.26 Å². The lowest BCUT2D eigenvalue weighted by Crippen LogP contribution is -2.47. The molecular formula is C12H17BrN2O4S. The van der Waals surface area contributed by atoms with Crippen LogP contribution in [0.1, 0.15) is 24.2 Å². The van der Waals surface area contributed by atoms with Crippen LogP contribution in [-0.4, -0.2) is 37.8 Å². The first-order chi connectivity index (χ1) is 9.00. The first kappa shape index (κ1) is 16.9. The monoisotopic (exact) mass is 364 g/mol. The van der Waals surface area contributed by atoms with Gasteiger partial charge in [0.25, 0.3) is 0 Å². The maximum atomic E-state index is 11.2. The maximum absolute atomic E-state index is 11.2. The molecule has 0 aliphatic carbocycles. The highest BCUT2D eigenvalue weighted by molar-refractivity contribution is 9.10. The van der Waals surface area contributed by atoms with Gasteiger partial charge in [0.2, 0.25) is 10.0 Å². The Hall–Kier alpha value is -1.12. The van der Waals surface area contributed by atoms with Crippen LogP contribution >= 0.6 is 15.9 Å². The Bertz CT molecular complexity index is 614. The topological polar surface area (TPSA) is 95.5 Å². The molecule has 0 unspecified atom stereocenters. The summed E-state index contributed by atoms with van der Waals surface area (Å²) in [6, 6.07) is 4.83. The largest absolute Gasteiger partial charge is 0.478 e. The van der Waals surface area contributed by atoms with E-state index >= 15 is 0 Å². The fourth-order valence-electron chi connectivity index (χ4n) is 1.70. The van der Waals surface area contributed by atoms with Crippen molar-refractivity contribution in [1.29, 1.82) is 0 Å². The molecule has 6 nitrogen and oxygen atoms in total. The highest BCUT2D eigenvalue weighted by Crippen LogP contribution is 2.21. The van der Waals surface area contributed by atoms with Crippen LogP contribution in [-0.2, 0) is 10.0 Å². The van der Waals surface area contributed by atoms with Gasteiger partial charge in [-0.1, -0.05) is 15.9 Å². The molecule has 0 fully saturated rings. The number of rotatable bonds is 6. The van der Waals surface area contributed by atoms with Crippen molar-refractivity contribution < 1.29 is 18.3 Å². The van der Waals surface area contributed by atoms with Crippen molar-refractivity contribution in [1.82, 2.24) is 4.72 Å². The van der Waals surface area contributed by atoms with Gasteiger partial charge in [-0.05, 0) is 32.0 Å². The van der Waals surface area contributed by atoms with Crippen molar-refractivity contribution in [2.45, 2.75) is 19.4 Å². The predicted molar refractivity (Wildman–Crippen MR) is 81.6 cm³/mol. The van der Waals surface area contributed by atoms with E-state index in [0.29, 0.717) is 10.2 Å². The molecule has 0 aliphatic rings. The fraction of sp³-hybridized carbons (Fsp3) is 0.417. The molecular weight excluding hydrogens is 348 g/mol. The number of carboxylic acids is 1. The zero-order valence-corrected chi connectivity index (χ0v) is 13.8. The van der Waals surface area contributed by atoms with Gasteiger partial charge >= 0.3 is 5.97 Å². The van der Waals surface area contributed by atoms with Crippen LogP contribution in [0.3, 0.4) is 0 Å². The van der Waals surface area contributed by atoms with Gasteiger partial charge in [-0.15, -0.1) is 0 Å². The van der Waals surface area contributed by atoms with Crippen molar-refractivity contribution in [2.24, 2.45) is 0 Å². The highest BCUT2D eigenvalue weighted by Gasteiger charge is 2.22. The van der Waals surface area contributed by atoms with E-state index in [-0.39, 0.29) is 12.1 Å². The fourth-order valence-corrected chi connectivity index (χ4v) is 3.14. The van der Waals surface area contributed by atoms with E-state index in [1.165, 1.54) is 6.07 Å². The SMILES string of the molecule is CC(C)(CNc1ccc(Br)cc1C(=O)O)NS(C)(=O)=O. The number of sulfonamides is 1. The van der Waals surface area contributed by atoms with Gasteiger partial charge in [-0.25, -0.2) is 17.9 Å². The van der Waals surface area contributed by atoms with Gasteiger partial charge in [0, 0.05) is 22.2 Å². The lowest BCUT2D eigenvalue weighted by Gasteiger charge is -2.26. The van der Waals surface area contributed by atoms with E-state index in [2.05, 4.69) is 26.0 Å². The molecule has 0 bridgehead atoms. The van der Waals surface area contributed by atoms with E-state index in [1.54, 1.807) is 26.0 Å². The third kappa shape index (κ3) is 5.48. The minimum Gasteiger partial charge on any atom is -0.478 e. The predicted octanol–water partition coefficient (Wildman–Crippen LogP) is 1.89. The number of nitrogens with one attached hydrogen (secondary N) is 2. The Balaban J connectivity index is 2.87. The number of carbonyl (C=O) groups is 1. The van der Waals surface area contributed by atoms with Crippen LogP contribution in [0, 0.1) is 0 Å².